The van der Waals surface area contributed by atoms with E-state index in [4.69, 9.17) is 0 Å². The van der Waals surface area contributed by atoms with Crippen molar-refractivity contribution in [3.63, 3.8) is 0 Å². The van der Waals surface area contributed by atoms with Crippen molar-refractivity contribution in [2.45, 2.75) is 26.3 Å². The van der Waals surface area contributed by atoms with Crippen LogP contribution in [-0.2, 0) is 4.79 Å². The highest BCUT2D eigenvalue weighted by Crippen LogP contribution is 2.23. The molecule has 0 saturated heterocycles. The second-order valence-electron chi connectivity index (χ2n) is 6.44. The fourth-order valence-electron chi connectivity index (χ4n) is 2.92. The fraction of sp³-hybridized carbons (Fsp3) is 0.182. The second-order valence-corrected chi connectivity index (χ2v) is 6.44. The average molecular weight is 346 g/mol. The third-order valence-corrected chi connectivity index (χ3v) is 4.40. The van der Waals surface area contributed by atoms with Crippen LogP contribution >= 0.6 is 0 Å². The Labute approximate surface area is 153 Å². The van der Waals surface area contributed by atoms with Gasteiger partial charge in [0.05, 0.1) is 12.5 Å². The molecule has 1 aromatic heterocycles. The van der Waals surface area contributed by atoms with Crippen LogP contribution in [0.3, 0.4) is 0 Å². The predicted molar refractivity (Wildman–Crippen MR) is 103 cm³/mol. The quantitative estimate of drug-likeness (QED) is 0.662. The lowest BCUT2D eigenvalue weighted by molar-refractivity contribution is -0.116. The first-order chi connectivity index (χ1) is 12.5. The van der Waals surface area contributed by atoms with Gasteiger partial charge in [-0.05, 0) is 55.8 Å². The van der Waals surface area contributed by atoms with Crippen LogP contribution in [0.25, 0.3) is 0 Å². The molecule has 0 aliphatic rings. The zero-order valence-corrected chi connectivity index (χ0v) is 15.0. The first-order valence-electron chi connectivity index (χ1n) is 8.63. The number of hydrogen-bond donors (Lipinski definition) is 1. The molecule has 1 N–H and O–H groups in total. The number of benzene rings is 2. The molecule has 0 spiro atoms. The third-order valence-electron chi connectivity index (χ3n) is 4.40. The van der Waals surface area contributed by atoms with E-state index in [9.17, 15) is 9.59 Å². The Balaban J connectivity index is 1.75. The first-order valence-corrected chi connectivity index (χ1v) is 8.63. The van der Waals surface area contributed by atoms with E-state index in [1.807, 2.05) is 36.0 Å². The summed E-state index contributed by atoms with van der Waals surface area (Å²) in [5.41, 5.74) is 3.60. The van der Waals surface area contributed by atoms with Crippen LogP contribution in [0.2, 0.25) is 0 Å². The summed E-state index contributed by atoms with van der Waals surface area (Å²) in [7, 11) is 0. The summed E-state index contributed by atoms with van der Waals surface area (Å²) in [6.07, 6.45) is 4.27. The van der Waals surface area contributed by atoms with Gasteiger partial charge in [0.25, 0.3) is 0 Å². The van der Waals surface area contributed by atoms with Crippen molar-refractivity contribution in [2.24, 2.45) is 0 Å². The molecule has 1 heterocycles. The van der Waals surface area contributed by atoms with Gasteiger partial charge in [-0.25, -0.2) is 0 Å². The van der Waals surface area contributed by atoms with Crippen LogP contribution in [0.15, 0.2) is 73.1 Å². The molecule has 3 rings (SSSR count). The van der Waals surface area contributed by atoms with Gasteiger partial charge in [0.2, 0.25) is 5.91 Å². The minimum absolute atomic E-state index is 0.00918. The van der Waals surface area contributed by atoms with Gasteiger partial charge < -0.3 is 9.88 Å². The molecule has 0 aliphatic carbocycles. The Morgan fingerprint density at radius 2 is 1.58 bits per heavy atom. The predicted octanol–water partition coefficient (Wildman–Crippen LogP) is 4.62. The van der Waals surface area contributed by atoms with Crippen molar-refractivity contribution < 1.29 is 9.59 Å². The van der Waals surface area contributed by atoms with E-state index in [1.54, 1.807) is 24.3 Å². The average Bonchev–Trinajstić information content (AvgIpc) is 3.15. The Bertz CT molecular complexity index is 879. The monoisotopic (exact) mass is 346 g/mol. The maximum absolute atomic E-state index is 12.6. The molecule has 4 nitrogen and oxygen atoms in total. The van der Waals surface area contributed by atoms with Crippen LogP contribution in [-0.4, -0.2) is 16.3 Å². The van der Waals surface area contributed by atoms with E-state index in [0.29, 0.717) is 17.7 Å². The molecular formula is C22H22N2O2. The highest BCUT2D eigenvalue weighted by atomic mass is 16.1. The maximum Gasteiger partial charge on any atom is 0.226 e. The lowest BCUT2D eigenvalue weighted by atomic mass is 10.0. The smallest absolute Gasteiger partial charge is 0.226 e. The molecular weight excluding hydrogens is 324 g/mol. The molecule has 0 bridgehead atoms. The normalized spacial score (nSPS) is 11.8. The molecule has 132 valence electrons. The SMILES string of the molecule is CC(=O)c1ccc(NC(=O)CC(c2ccc(C)cc2)n2cccc2)cc1. The molecule has 26 heavy (non-hydrogen) atoms. The Morgan fingerprint density at radius 1 is 0.962 bits per heavy atom. The Kier molecular flexibility index (Phi) is 5.32. The Hall–Kier alpha value is -3.14. The molecule has 3 aromatic rings. The standard InChI is InChI=1S/C22H22N2O2/c1-16-5-7-19(8-6-16)21(24-13-3-4-14-24)15-22(26)23-20-11-9-18(10-12-20)17(2)25/h3-14,21H,15H2,1-2H3,(H,23,26). The number of anilines is 1. The summed E-state index contributed by atoms with van der Waals surface area (Å²) >= 11 is 0. The van der Waals surface area contributed by atoms with Crippen LogP contribution in [0.1, 0.15) is 40.9 Å². The number of nitrogens with one attached hydrogen (secondary N) is 1. The molecule has 0 radical (unpaired) electrons. The van der Waals surface area contributed by atoms with Crippen LogP contribution in [0.4, 0.5) is 5.69 Å². The van der Waals surface area contributed by atoms with Crippen molar-refractivity contribution in [1.82, 2.24) is 4.57 Å². The maximum atomic E-state index is 12.6. The molecule has 0 saturated carbocycles. The lowest BCUT2D eigenvalue weighted by Gasteiger charge is -2.19. The van der Waals surface area contributed by atoms with E-state index >= 15 is 0 Å². The number of carbonyl (C=O) groups is 2. The number of nitrogens with zero attached hydrogens (tertiary/aromatic N) is 1. The Morgan fingerprint density at radius 3 is 2.15 bits per heavy atom. The molecule has 1 unspecified atom stereocenters. The number of rotatable bonds is 6. The summed E-state index contributed by atoms with van der Waals surface area (Å²) in [5.74, 6) is -0.0604. The summed E-state index contributed by atoms with van der Waals surface area (Å²) in [4.78, 5) is 23.9. The number of carbonyl (C=O) groups excluding carboxylic acids is 2. The van der Waals surface area contributed by atoms with Crippen molar-refractivity contribution in [3.8, 4) is 0 Å². The molecule has 0 fully saturated rings. The number of aromatic nitrogens is 1. The molecule has 1 atom stereocenters. The van der Waals surface area contributed by atoms with Crippen molar-refractivity contribution >= 4 is 17.4 Å². The van der Waals surface area contributed by atoms with Crippen LogP contribution in [0.5, 0.6) is 0 Å². The number of ketones is 1. The number of amides is 1. The number of hydrogen-bond acceptors (Lipinski definition) is 2. The van der Waals surface area contributed by atoms with Crippen LogP contribution < -0.4 is 5.32 Å². The van der Waals surface area contributed by atoms with E-state index in [-0.39, 0.29) is 17.7 Å². The molecule has 0 aliphatic heterocycles. The topological polar surface area (TPSA) is 51.1 Å². The van der Waals surface area contributed by atoms with Crippen molar-refractivity contribution in [3.05, 3.63) is 89.7 Å². The zero-order chi connectivity index (χ0) is 18.5. The van der Waals surface area contributed by atoms with Gasteiger partial charge in [0.1, 0.15) is 0 Å². The van der Waals surface area contributed by atoms with Gasteiger partial charge in [-0.2, -0.15) is 0 Å². The number of Topliss-reactive ketones (excluding diaryl/α,β-unsaturated/α-hetero) is 1. The molecule has 4 heteroatoms. The minimum Gasteiger partial charge on any atom is -0.346 e. The molecule has 2 aromatic carbocycles. The highest BCUT2D eigenvalue weighted by Gasteiger charge is 2.17. The second kappa shape index (κ2) is 7.83. The van der Waals surface area contributed by atoms with E-state index in [1.165, 1.54) is 12.5 Å². The number of aryl methyl sites for hydroxylation is 1. The zero-order valence-electron chi connectivity index (χ0n) is 15.0. The van der Waals surface area contributed by atoms with Crippen LogP contribution in [0, 0.1) is 6.92 Å². The first kappa shape index (κ1) is 17.7. The summed E-state index contributed by atoms with van der Waals surface area (Å²) < 4.78 is 2.04. The van der Waals surface area contributed by atoms with E-state index < -0.39 is 0 Å². The minimum atomic E-state index is -0.0696. The van der Waals surface area contributed by atoms with Gasteiger partial charge in [-0.1, -0.05) is 29.8 Å². The fourth-order valence-corrected chi connectivity index (χ4v) is 2.92. The van der Waals surface area contributed by atoms with Gasteiger partial charge >= 0.3 is 0 Å². The largest absolute Gasteiger partial charge is 0.346 e. The highest BCUT2D eigenvalue weighted by molar-refractivity contribution is 5.95. The van der Waals surface area contributed by atoms with Gasteiger partial charge in [-0.15, -0.1) is 0 Å². The summed E-state index contributed by atoms with van der Waals surface area (Å²) in [6, 6.07) is 19.1. The lowest BCUT2D eigenvalue weighted by Crippen LogP contribution is -2.19. The van der Waals surface area contributed by atoms with Crippen molar-refractivity contribution in [1.29, 1.82) is 0 Å². The van der Waals surface area contributed by atoms with Crippen molar-refractivity contribution in [2.75, 3.05) is 5.32 Å². The van der Waals surface area contributed by atoms with E-state index in [0.717, 1.165) is 5.56 Å². The summed E-state index contributed by atoms with van der Waals surface area (Å²) in [5, 5.41) is 2.92. The van der Waals surface area contributed by atoms with Gasteiger partial charge in [0.15, 0.2) is 5.78 Å². The molecule has 1 amide bonds. The summed E-state index contributed by atoms with van der Waals surface area (Å²) in [6.45, 7) is 3.57. The van der Waals surface area contributed by atoms with E-state index in [2.05, 4.69) is 29.6 Å². The third kappa shape index (κ3) is 4.28. The van der Waals surface area contributed by atoms with Gasteiger partial charge in [0, 0.05) is 23.6 Å². The van der Waals surface area contributed by atoms with Gasteiger partial charge in [-0.3, -0.25) is 9.59 Å².